The molecule has 132 valence electrons. The van der Waals surface area contributed by atoms with Crippen molar-refractivity contribution in [3.05, 3.63) is 34.9 Å². The van der Waals surface area contributed by atoms with Gasteiger partial charge in [0.15, 0.2) is 5.96 Å². The third-order valence-electron chi connectivity index (χ3n) is 4.04. The molecule has 0 aliphatic heterocycles. The predicted octanol–water partition coefficient (Wildman–Crippen LogP) is 2.84. The number of hydrogen-bond donors (Lipinski definition) is 3. The molecule has 5 nitrogen and oxygen atoms in total. The average Bonchev–Trinajstić information content (AvgIpc) is 3.07. The van der Waals surface area contributed by atoms with E-state index in [1.165, 1.54) is 12.8 Å². The van der Waals surface area contributed by atoms with Gasteiger partial charge in [0.1, 0.15) is 0 Å². The monoisotopic (exact) mass is 350 g/mol. The van der Waals surface area contributed by atoms with Crippen molar-refractivity contribution in [2.24, 2.45) is 4.99 Å². The molecular weight excluding hydrogens is 324 g/mol. The van der Waals surface area contributed by atoms with Gasteiger partial charge in [0.2, 0.25) is 5.91 Å². The van der Waals surface area contributed by atoms with E-state index in [0.29, 0.717) is 25.6 Å². The average molecular weight is 351 g/mol. The van der Waals surface area contributed by atoms with Crippen LogP contribution in [0.15, 0.2) is 29.3 Å². The number of nitrogens with zero attached hydrogens (tertiary/aromatic N) is 1. The second-order valence-corrected chi connectivity index (χ2v) is 6.48. The number of carbonyl (C=O) groups excluding carboxylic acids is 1. The molecular formula is C18H27ClN4O. The number of rotatable bonds is 7. The molecule has 1 fully saturated rings. The van der Waals surface area contributed by atoms with Crippen molar-refractivity contribution >= 4 is 23.5 Å². The minimum atomic E-state index is 0.114. The van der Waals surface area contributed by atoms with Gasteiger partial charge in [-0.1, -0.05) is 36.6 Å². The van der Waals surface area contributed by atoms with Crippen molar-refractivity contribution in [3.63, 3.8) is 0 Å². The zero-order valence-corrected chi connectivity index (χ0v) is 15.0. The summed E-state index contributed by atoms with van der Waals surface area (Å²) in [6, 6.07) is 8.03. The van der Waals surface area contributed by atoms with E-state index in [4.69, 9.17) is 11.6 Å². The molecule has 0 spiro atoms. The number of nitrogens with one attached hydrogen (secondary N) is 3. The Kier molecular flexibility index (Phi) is 7.89. The van der Waals surface area contributed by atoms with Gasteiger partial charge < -0.3 is 16.0 Å². The number of halogens is 1. The van der Waals surface area contributed by atoms with Crippen LogP contribution < -0.4 is 16.0 Å². The Hall–Kier alpha value is -1.75. The van der Waals surface area contributed by atoms with Gasteiger partial charge in [-0.2, -0.15) is 0 Å². The van der Waals surface area contributed by atoms with Crippen LogP contribution in [0.4, 0.5) is 0 Å². The maximum Gasteiger partial charge on any atom is 0.221 e. The summed E-state index contributed by atoms with van der Waals surface area (Å²) < 4.78 is 0. The zero-order chi connectivity index (χ0) is 17.2. The second-order valence-electron chi connectivity index (χ2n) is 6.05. The summed E-state index contributed by atoms with van der Waals surface area (Å²) >= 11 is 5.88. The molecule has 1 saturated carbocycles. The Morgan fingerprint density at radius 1 is 1.21 bits per heavy atom. The van der Waals surface area contributed by atoms with Gasteiger partial charge in [-0.15, -0.1) is 0 Å². The predicted molar refractivity (Wildman–Crippen MR) is 99.3 cm³/mol. The first kappa shape index (κ1) is 18.6. The molecule has 6 heteroatoms. The lowest BCUT2D eigenvalue weighted by atomic mass is 10.2. The summed E-state index contributed by atoms with van der Waals surface area (Å²) in [6.45, 7) is 3.94. The lowest BCUT2D eigenvalue weighted by Crippen LogP contribution is -2.40. The zero-order valence-electron chi connectivity index (χ0n) is 14.3. The third-order valence-corrected chi connectivity index (χ3v) is 4.29. The van der Waals surface area contributed by atoms with E-state index >= 15 is 0 Å². The van der Waals surface area contributed by atoms with Gasteiger partial charge >= 0.3 is 0 Å². The quantitative estimate of drug-likeness (QED) is 0.523. The number of hydrogen-bond acceptors (Lipinski definition) is 2. The smallest absolute Gasteiger partial charge is 0.221 e. The summed E-state index contributed by atoms with van der Waals surface area (Å²) in [5, 5.41) is 10.2. The Morgan fingerprint density at radius 2 is 1.92 bits per heavy atom. The fourth-order valence-corrected chi connectivity index (χ4v) is 2.89. The highest BCUT2D eigenvalue weighted by molar-refractivity contribution is 6.30. The number of amides is 1. The van der Waals surface area contributed by atoms with Crippen molar-refractivity contribution in [2.75, 3.05) is 13.1 Å². The molecule has 0 saturated heterocycles. The van der Waals surface area contributed by atoms with Crippen molar-refractivity contribution in [1.82, 2.24) is 16.0 Å². The van der Waals surface area contributed by atoms with E-state index in [0.717, 1.165) is 35.9 Å². The number of benzene rings is 1. The fourth-order valence-electron chi connectivity index (χ4n) is 2.77. The molecule has 0 unspecified atom stereocenters. The van der Waals surface area contributed by atoms with Gasteiger partial charge in [0, 0.05) is 30.6 Å². The lowest BCUT2D eigenvalue weighted by Gasteiger charge is -2.14. The molecule has 1 aliphatic rings. The van der Waals surface area contributed by atoms with Gasteiger partial charge in [-0.3, -0.25) is 4.79 Å². The summed E-state index contributed by atoms with van der Waals surface area (Å²) in [7, 11) is 0. The number of aliphatic imine (C=N–C) groups is 1. The van der Waals surface area contributed by atoms with Crippen LogP contribution in [0, 0.1) is 0 Å². The van der Waals surface area contributed by atoms with Crippen LogP contribution in [0.25, 0.3) is 0 Å². The molecule has 0 bridgehead atoms. The topological polar surface area (TPSA) is 65.5 Å². The summed E-state index contributed by atoms with van der Waals surface area (Å²) in [5.41, 5.74) is 1.09. The molecule has 2 rings (SSSR count). The summed E-state index contributed by atoms with van der Waals surface area (Å²) in [4.78, 5) is 16.5. The molecule has 0 radical (unpaired) electrons. The maximum atomic E-state index is 11.9. The Bertz CT molecular complexity index is 538. The van der Waals surface area contributed by atoms with Crippen molar-refractivity contribution in [3.8, 4) is 0 Å². The Morgan fingerprint density at radius 3 is 2.58 bits per heavy atom. The highest BCUT2D eigenvalue weighted by Crippen LogP contribution is 2.17. The lowest BCUT2D eigenvalue weighted by molar-refractivity contribution is -0.121. The van der Waals surface area contributed by atoms with Gasteiger partial charge in [0.25, 0.3) is 0 Å². The third kappa shape index (κ3) is 6.79. The molecule has 3 N–H and O–H groups in total. The molecule has 1 aromatic carbocycles. The summed E-state index contributed by atoms with van der Waals surface area (Å²) in [5.74, 6) is 0.837. The Balaban J connectivity index is 1.74. The fraction of sp³-hybridized carbons (Fsp3) is 0.556. The van der Waals surface area contributed by atoms with E-state index in [-0.39, 0.29) is 5.91 Å². The van der Waals surface area contributed by atoms with Crippen molar-refractivity contribution in [2.45, 2.75) is 51.6 Å². The van der Waals surface area contributed by atoms with E-state index in [1.807, 2.05) is 31.2 Å². The van der Waals surface area contributed by atoms with Crippen LogP contribution >= 0.6 is 11.6 Å². The van der Waals surface area contributed by atoms with Gasteiger partial charge in [-0.05, 0) is 37.5 Å². The van der Waals surface area contributed by atoms with Crippen LogP contribution in [0.2, 0.25) is 5.02 Å². The molecule has 1 aliphatic carbocycles. The standard InChI is InChI=1S/C18H27ClN4O/c1-2-20-18(22-13-14-7-9-15(19)10-8-14)21-12-11-17(24)23-16-5-3-4-6-16/h7-10,16H,2-6,11-13H2,1H3,(H,23,24)(H2,20,21,22). The molecule has 24 heavy (non-hydrogen) atoms. The first-order valence-corrected chi connectivity index (χ1v) is 9.11. The molecule has 0 heterocycles. The maximum absolute atomic E-state index is 11.9. The first-order valence-electron chi connectivity index (χ1n) is 8.73. The van der Waals surface area contributed by atoms with Crippen molar-refractivity contribution < 1.29 is 4.79 Å². The first-order chi connectivity index (χ1) is 11.7. The van der Waals surface area contributed by atoms with E-state index in [1.54, 1.807) is 0 Å². The molecule has 1 aromatic rings. The van der Waals surface area contributed by atoms with Gasteiger partial charge in [-0.25, -0.2) is 4.99 Å². The van der Waals surface area contributed by atoms with E-state index in [9.17, 15) is 4.79 Å². The minimum absolute atomic E-state index is 0.114. The van der Waals surface area contributed by atoms with Crippen LogP contribution in [-0.4, -0.2) is 31.0 Å². The van der Waals surface area contributed by atoms with E-state index < -0.39 is 0 Å². The normalized spacial score (nSPS) is 15.3. The second kappa shape index (κ2) is 10.2. The van der Waals surface area contributed by atoms with Crippen LogP contribution in [0.5, 0.6) is 0 Å². The summed E-state index contributed by atoms with van der Waals surface area (Å²) in [6.07, 6.45) is 5.15. The minimum Gasteiger partial charge on any atom is -0.357 e. The largest absolute Gasteiger partial charge is 0.357 e. The molecule has 0 atom stereocenters. The van der Waals surface area contributed by atoms with Crippen LogP contribution in [-0.2, 0) is 11.3 Å². The highest BCUT2D eigenvalue weighted by Gasteiger charge is 2.16. The van der Waals surface area contributed by atoms with Crippen LogP contribution in [0.1, 0.15) is 44.6 Å². The number of carbonyl (C=O) groups is 1. The van der Waals surface area contributed by atoms with Crippen LogP contribution in [0.3, 0.4) is 0 Å². The molecule has 1 amide bonds. The van der Waals surface area contributed by atoms with E-state index in [2.05, 4.69) is 20.9 Å². The SMILES string of the molecule is CCNC(=NCc1ccc(Cl)cc1)NCCC(=O)NC1CCCC1. The van der Waals surface area contributed by atoms with Crippen molar-refractivity contribution in [1.29, 1.82) is 0 Å². The Labute approximate surface area is 149 Å². The molecule has 0 aromatic heterocycles. The highest BCUT2D eigenvalue weighted by atomic mass is 35.5. The van der Waals surface area contributed by atoms with Gasteiger partial charge in [0.05, 0.1) is 6.54 Å². The number of guanidine groups is 1.